The standard InChI is InChI=1S/C18H20F3NO.H2S/c1-13(15-7-5-4-6-8-15)22(3)14(2)16-9-11-17(12-10-16)23-18(19,20)21;/h4-14H,1-3H3;1H2. The molecule has 0 saturated carbocycles. The summed E-state index contributed by atoms with van der Waals surface area (Å²) in [5.74, 6) is -0.202. The van der Waals surface area contributed by atoms with Crippen LogP contribution in [0.2, 0.25) is 0 Å². The summed E-state index contributed by atoms with van der Waals surface area (Å²) in [5.41, 5.74) is 2.13. The molecule has 0 aliphatic rings. The van der Waals surface area contributed by atoms with E-state index < -0.39 is 6.36 Å². The zero-order valence-electron chi connectivity index (χ0n) is 13.8. The van der Waals surface area contributed by atoms with E-state index in [4.69, 9.17) is 0 Å². The Morgan fingerprint density at radius 3 is 1.75 bits per heavy atom. The number of benzene rings is 2. The summed E-state index contributed by atoms with van der Waals surface area (Å²) in [6.45, 7) is 4.13. The zero-order valence-corrected chi connectivity index (χ0v) is 14.8. The largest absolute Gasteiger partial charge is 0.573 e. The molecule has 0 aromatic heterocycles. The van der Waals surface area contributed by atoms with E-state index in [1.54, 1.807) is 12.1 Å². The van der Waals surface area contributed by atoms with Gasteiger partial charge in [-0.2, -0.15) is 13.5 Å². The van der Waals surface area contributed by atoms with E-state index in [1.807, 2.05) is 32.2 Å². The average Bonchev–Trinajstić information content (AvgIpc) is 2.53. The maximum absolute atomic E-state index is 12.2. The first kappa shape index (κ1) is 20.4. The second-order valence-electron chi connectivity index (χ2n) is 5.54. The van der Waals surface area contributed by atoms with Crippen LogP contribution >= 0.6 is 13.5 Å². The lowest BCUT2D eigenvalue weighted by Crippen LogP contribution is -2.25. The molecule has 0 N–H and O–H groups in total. The molecule has 0 aliphatic carbocycles. The van der Waals surface area contributed by atoms with E-state index in [1.165, 1.54) is 17.7 Å². The third-order valence-corrected chi connectivity index (χ3v) is 4.10. The van der Waals surface area contributed by atoms with Gasteiger partial charge < -0.3 is 4.74 Å². The highest BCUT2D eigenvalue weighted by Gasteiger charge is 2.31. The molecular formula is C18H22F3NOS. The minimum absolute atomic E-state index is 0. The first-order valence-electron chi connectivity index (χ1n) is 7.40. The summed E-state index contributed by atoms with van der Waals surface area (Å²) in [5, 5.41) is 0. The van der Waals surface area contributed by atoms with Gasteiger partial charge in [-0.3, -0.25) is 4.90 Å². The van der Waals surface area contributed by atoms with E-state index in [-0.39, 0.29) is 31.3 Å². The molecule has 0 spiro atoms. The van der Waals surface area contributed by atoms with Gasteiger partial charge in [-0.15, -0.1) is 13.2 Å². The quantitative estimate of drug-likeness (QED) is 0.705. The monoisotopic (exact) mass is 357 g/mol. The van der Waals surface area contributed by atoms with Crippen LogP contribution in [0, 0.1) is 0 Å². The van der Waals surface area contributed by atoms with E-state index in [9.17, 15) is 13.2 Å². The normalized spacial score (nSPS) is 14.0. The number of alkyl halides is 3. The molecule has 0 radical (unpaired) electrons. The van der Waals surface area contributed by atoms with E-state index in [0.29, 0.717) is 0 Å². The van der Waals surface area contributed by atoms with Gasteiger partial charge in [-0.05, 0) is 44.2 Å². The molecule has 0 fully saturated rings. The van der Waals surface area contributed by atoms with Crippen LogP contribution in [0.1, 0.15) is 37.1 Å². The highest BCUT2D eigenvalue weighted by molar-refractivity contribution is 7.59. The predicted molar refractivity (Wildman–Crippen MR) is 94.5 cm³/mol. The van der Waals surface area contributed by atoms with Crippen LogP contribution in [0.15, 0.2) is 54.6 Å². The number of ether oxygens (including phenoxy) is 1. The van der Waals surface area contributed by atoms with Crippen LogP contribution in [-0.4, -0.2) is 18.3 Å². The van der Waals surface area contributed by atoms with Crippen molar-refractivity contribution in [2.75, 3.05) is 7.05 Å². The van der Waals surface area contributed by atoms with Gasteiger partial charge in [-0.1, -0.05) is 42.5 Å². The Balaban J connectivity index is 0.00000288. The Kier molecular flexibility index (Phi) is 7.17. The van der Waals surface area contributed by atoms with Gasteiger partial charge in [0.05, 0.1) is 0 Å². The summed E-state index contributed by atoms with van der Waals surface area (Å²) in [6, 6.07) is 16.4. The first-order chi connectivity index (χ1) is 10.8. The Hall–Kier alpha value is -1.66. The minimum atomic E-state index is -4.66. The summed E-state index contributed by atoms with van der Waals surface area (Å²) < 4.78 is 40.5. The van der Waals surface area contributed by atoms with Crippen molar-refractivity contribution in [1.29, 1.82) is 0 Å². The number of hydrogen-bond donors (Lipinski definition) is 0. The number of rotatable bonds is 5. The van der Waals surface area contributed by atoms with Crippen molar-refractivity contribution in [3.63, 3.8) is 0 Å². The SMILES string of the molecule is CC(c1ccccc1)N(C)C(C)c1ccc(OC(F)(F)F)cc1.S. The third-order valence-electron chi connectivity index (χ3n) is 4.10. The zero-order chi connectivity index (χ0) is 17.0. The lowest BCUT2D eigenvalue weighted by atomic mass is 10.0. The van der Waals surface area contributed by atoms with Crippen LogP contribution < -0.4 is 4.74 Å². The molecule has 2 aromatic rings. The molecule has 2 nitrogen and oxygen atoms in total. The van der Waals surface area contributed by atoms with Gasteiger partial charge in [0, 0.05) is 12.1 Å². The summed E-state index contributed by atoms with van der Waals surface area (Å²) >= 11 is 0. The maximum Gasteiger partial charge on any atom is 0.573 e. The maximum atomic E-state index is 12.2. The van der Waals surface area contributed by atoms with Crippen molar-refractivity contribution in [2.24, 2.45) is 0 Å². The molecule has 0 amide bonds. The fraction of sp³-hybridized carbons (Fsp3) is 0.333. The van der Waals surface area contributed by atoms with Crippen molar-refractivity contribution in [2.45, 2.75) is 32.3 Å². The molecule has 2 rings (SSSR count). The summed E-state index contributed by atoms with van der Waals surface area (Å²) in [6.07, 6.45) is -4.66. The third kappa shape index (κ3) is 5.46. The average molecular weight is 357 g/mol. The van der Waals surface area contributed by atoms with Crippen molar-refractivity contribution in [3.05, 3.63) is 65.7 Å². The van der Waals surface area contributed by atoms with Crippen molar-refractivity contribution < 1.29 is 17.9 Å². The van der Waals surface area contributed by atoms with Gasteiger partial charge >= 0.3 is 6.36 Å². The topological polar surface area (TPSA) is 12.5 Å². The molecule has 0 bridgehead atoms. The summed E-state index contributed by atoms with van der Waals surface area (Å²) in [4.78, 5) is 2.18. The van der Waals surface area contributed by atoms with Crippen LogP contribution in [0.25, 0.3) is 0 Å². The van der Waals surface area contributed by atoms with Crippen molar-refractivity contribution >= 4 is 13.5 Å². The van der Waals surface area contributed by atoms with E-state index in [0.717, 1.165) is 5.56 Å². The van der Waals surface area contributed by atoms with Crippen LogP contribution in [0.3, 0.4) is 0 Å². The van der Waals surface area contributed by atoms with Gasteiger partial charge in [0.25, 0.3) is 0 Å². The molecule has 2 aromatic carbocycles. The molecule has 0 saturated heterocycles. The van der Waals surface area contributed by atoms with Gasteiger partial charge in [-0.25, -0.2) is 0 Å². The fourth-order valence-electron chi connectivity index (χ4n) is 2.49. The molecule has 0 aliphatic heterocycles. The number of hydrogen-bond acceptors (Lipinski definition) is 2. The van der Waals surface area contributed by atoms with Gasteiger partial charge in [0.1, 0.15) is 5.75 Å². The van der Waals surface area contributed by atoms with Crippen molar-refractivity contribution in [1.82, 2.24) is 4.90 Å². The van der Waals surface area contributed by atoms with Gasteiger partial charge in [0.15, 0.2) is 0 Å². The Labute approximate surface area is 147 Å². The number of halogens is 3. The van der Waals surface area contributed by atoms with Crippen molar-refractivity contribution in [3.8, 4) is 5.75 Å². The second kappa shape index (κ2) is 8.44. The molecule has 2 atom stereocenters. The van der Waals surface area contributed by atoms with Gasteiger partial charge in [0.2, 0.25) is 0 Å². The lowest BCUT2D eigenvalue weighted by Gasteiger charge is -2.31. The highest BCUT2D eigenvalue weighted by atomic mass is 32.1. The fourth-order valence-corrected chi connectivity index (χ4v) is 2.49. The van der Waals surface area contributed by atoms with Crippen LogP contribution in [0.4, 0.5) is 13.2 Å². The molecule has 24 heavy (non-hydrogen) atoms. The molecular weight excluding hydrogens is 335 g/mol. The molecule has 2 unspecified atom stereocenters. The van der Waals surface area contributed by atoms with Crippen LogP contribution in [0.5, 0.6) is 5.75 Å². The van der Waals surface area contributed by atoms with Crippen LogP contribution in [-0.2, 0) is 0 Å². The smallest absolute Gasteiger partial charge is 0.406 e. The Morgan fingerprint density at radius 2 is 1.29 bits per heavy atom. The Morgan fingerprint density at radius 1 is 0.833 bits per heavy atom. The molecule has 0 heterocycles. The summed E-state index contributed by atoms with van der Waals surface area (Å²) in [7, 11) is 2.00. The molecule has 132 valence electrons. The minimum Gasteiger partial charge on any atom is -0.406 e. The van der Waals surface area contributed by atoms with E-state index in [2.05, 4.69) is 28.7 Å². The lowest BCUT2D eigenvalue weighted by molar-refractivity contribution is -0.274. The highest BCUT2D eigenvalue weighted by Crippen LogP contribution is 2.30. The second-order valence-corrected chi connectivity index (χ2v) is 5.54. The Bertz CT molecular complexity index is 616. The first-order valence-corrected chi connectivity index (χ1v) is 7.40. The predicted octanol–water partition coefficient (Wildman–Crippen LogP) is 5.45. The van der Waals surface area contributed by atoms with E-state index >= 15 is 0 Å². The molecule has 6 heteroatoms. The number of nitrogens with zero attached hydrogens (tertiary/aromatic N) is 1.